The number of anilines is 1. The number of carbonyl (C=O) groups is 1. The number of nitrogens with one attached hydrogen (secondary N) is 1. The van der Waals surface area contributed by atoms with Crippen LogP contribution < -0.4 is 11.1 Å². The second kappa shape index (κ2) is 7.25. The van der Waals surface area contributed by atoms with Crippen molar-refractivity contribution < 1.29 is 13.2 Å². The fourth-order valence-corrected chi connectivity index (χ4v) is 2.49. The molecule has 6 nitrogen and oxygen atoms in total. The van der Waals surface area contributed by atoms with E-state index in [9.17, 15) is 13.2 Å². The van der Waals surface area contributed by atoms with Crippen molar-refractivity contribution >= 4 is 21.6 Å². The highest BCUT2D eigenvalue weighted by atomic mass is 32.2. The Morgan fingerprint density at radius 1 is 1.40 bits per heavy atom. The van der Waals surface area contributed by atoms with Crippen LogP contribution in [0.5, 0.6) is 0 Å². The van der Waals surface area contributed by atoms with Crippen molar-refractivity contribution in [2.75, 3.05) is 31.6 Å². The first-order valence-corrected chi connectivity index (χ1v) is 8.05. The van der Waals surface area contributed by atoms with Gasteiger partial charge < -0.3 is 11.1 Å². The van der Waals surface area contributed by atoms with Crippen molar-refractivity contribution in [1.29, 1.82) is 0 Å². The zero-order valence-electron chi connectivity index (χ0n) is 11.8. The van der Waals surface area contributed by atoms with Crippen LogP contribution >= 0.6 is 0 Å². The van der Waals surface area contributed by atoms with Crippen molar-refractivity contribution in [3.8, 4) is 0 Å². The Labute approximate surface area is 120 Å². The lowest BCUT2D eigenvalue weighted by Crippen LogP contribution is -2.32. The average Bonchev–Trinajstić information content (AvgIpc) is 2.42. The van der Waals surface area contributed by atoms with Gasteiger partial charge in [0.25, 0.3) is 5.91 Å². The molecule has 0 spiro atoms. The van der Waals surface area contributed by atoms with Gasteiger partial charge in [-0.3, -0.25) is 4.79 Å². The largest absolute Gasteiger partial charge is 0.399 e. The van der Waals surface area contributed by atoms with E-state index in [1.165, 1.54) is 4.31 Å². The van der Waals surface area contributed by atoms with Crippen LogP contribution in [0.3, 0.4) is 0 Å². The number of carbonyl (C=O) groups excluding carboxylic acids is 1. The van der Waals surface area contributed by atoms with Gasteiger partial charge in [0.2, 0.25) is 10.0 Å². The number of rotatable bonds is 7. The summed E-state index contributed by atoms with van der Waals surface area (Å²) >= 11 is 0. The van der Waals surface area contributed by atoms with Gasteiger partial charge in [0.05, 0.1) is 5.75 Å². The van der Waals surface area contributed by atoms with Gasteiger partial charge in [-0.2, -0.15) is 0 Å². The third-order valence-corrected chi connectivity index (χ3v) is 4.79. The second-order valence-electron chi connectivity index (χ2n) is 4.46. The van der Waals surface area contributed by atoms with Crippen molar-refractivity contribution in [2.45, 2.75) is 13.3 Å². The van der Waals surface area contributed by atoms with Gasteiger partial charge >= 0.3 is 0 Å². The number of nitrogens with two attached hydrogens (primary N) is 1. The number of hydrogen-bond acceptors (Lipinski definition) is 4. The van der Waals surface area contributed by atoms with Crippen LogP contribution in [0.15, 0.2) is 24.3 Å². The highest BCUT2D eigenvalue weighted by Gasteiger charge is 2.14. The van der Waals surface area contributed by atoms with Crippen LogP contribution in [0, 0.1) is 0 Å². The summed E-state index contributed by atoms with van der Waals surface area (Å²) in [5, 5.41) is 2.74. The molecule has 1 aromatic rings. The molecule has 20 heavy (non-hydrogen) atoms. The van der Waals surface area contributed by atoms with E-state index in [-0.39, 0.29) is 11.7 Å². The summed E-state index contributed by atoms with van der Waals surface area (Å²) in [4.78, 5) is 11.8. The number of sulfonamides is 1. The first kappa shape index (κ1) is 16.5. The average molecular weight is 299 g/mol. The molecule has 0 saturated carbocycles. The first-order chi connectivity index (χ1) is 9.36. The third kappa shape index (κ3) is 4.82. The molecule has 0 bridgehead atoms. The summed E-state index contributed by atoms with van der Waals surface area (Å²) in [6.07, 6.45) is 0.559. The van der Waals surface area contributed by atoms with Crippen LogP contribution in [0.1, 0.15) is 23.7 Å². The zero-order chi connectivity index (χ0) is 15.2. The normalized spacial score (nSPS) is 11.6. The molecule has 0 atom stereocenters. The van der Waals surface area contributed by atoms with Crippen LogP contribution in [0.4, 0.5) is 5.69 Å². The molecule has 0 aliphatic heterocycles. The molecule has 7 heteroatoms. The molecule has 112 valence electrons. The maximum absolute atomic E-state index is 11.8. The summed E-state index contributed by atoms with van der Waals surface area (Å²) in [6, 6.07) is 6.70. The molecule has 0 aromatic heterocycles. The van der Waals surface area contributed by atoms with Gasteiger partial charge in [0, 0.05) is 31.4 Å². The Balaban J connectivity index is 2.37. The van der Waals surface area contributed by atoms with Gasteiger partial charge in [-0.05, 0) is 31.5 Å². The van der Waals surface area contributed by atoms with Gasteiger partial charge in [-0.25, -0.2) is 12.7 Å². The van der Waals surface area contributed by atoms with Crippen LogP contribution in [-0.4, -0.2) is 44.5 Å². The predicted octanol–water partition coefficient (Wildman–Crippen LogP) is 0.670. The molecule has 0 heterocycles. The molecule has 0 unspecified atom stereocenters. The zero-order valence-corrected chi connectivity index (χ0v) is 12.6. The summed E-state index contributed by atoms with van der Waals surface area (Å²) in [7, 11) is -1.61. The molecule has 0 saturated heterocycles. The number of amides is 1. The van der Waals surface area contributed by atoms with Gasteiger partial charge in [-0.15, -0.1) is 0 Å². The van der Waals surface area contributed by atoms with Crippen LogP contribution in [0.2, 0.25) is 0 Å². The standard InChI is InChI=1S/C13H21N3O3S/c1-3-20(18,19)16(2)9-5-8-15-13(17)11-6-4-7-12(14)10-11/h4,6-7,10H,3,5,8-9,14H2,1-2H3,(H,15,17). The van der Waals surface area contributed by atoms with E-state index in [4.69, 9.17) is 5.73 Å². The quantitative estimate of drug-likeness (QED) is 0.572. The smallest absolute Gasteiger partial charge is 0.251 e. The van der Waals surface area contributed by atoms with E-state index in [1.54, 1.807) is 38.2 Å². The Hall–Kier alpha value is -1.60. The maximum Gasteiger partial charge on any atom is 0.251 e. The van der Waals surface area contributed by atoms with Gasteiger partial charge in [0.15, 0.2) is 0 Å². The van der Waals surface area contributed by atoms with E-state index in [2.05, 4.69) is 5.32 Å². The highest BCUT2D eigenvalue weighted by molar-refractivity contribution is 7.89. The summed E-state index contributed by atoms with van der Waals surface area (Å²) < 4.78 is 24.3. The number of hydrogen-bond donors (Lipinski definition) is 2. The van der Waals surface area contributed by atoms with E-state index < -0.39 is 10.0 Å². The molecular weight excluding hydrogens is 278 g/mol. The fourth-order valence-electron chi connectivity index (χ4n) is 1.65. The Morgan fingerprint density at radius 3 is 2.70 bits per heavy atom. The summed E-state index contributed by atoms with van der Waals surface area (Å²) in [5.41, 5.74) is 6.63. The highest BCUT2D eigenvalue weighted by Crippen LogP contribution is 2.06. The fraction of sp³-hybridized carbons (Fsp3) is 0.462. The van der Waals surface area contributed by atoms with E-state index in [1.807, 2.05) is 0 Å². The monoisotopic (exact) mass is 299 g/mol. The van der Waals surface area contributed by atoms with Crippen LogP contribution in [-0.2, 0) is 10.0 Å². The van der Waals surface area contributed by atoms with Crippen molar-refractivity contribution in [2.24, 2.45) is 0 Å². The summed E-state index contributed by atoms with van der Waals surface area (Å²) in [6.45, 7) is 2.40. The third-order valence-electron chi connectivity index (χ3n) is 2.92. The molecular formula is C13H21N3O3S. The van der Waals surface area contributed by atoms with Crippen molar-refractivity contribution in [3.05, 3.63) is 29.8 Å². The number of nitrogen functional groups attached to an aromatic ring is 1. The van der Waals surface area contributed by atoms with E-state index in [0.717, 1.165) is 0 Å². The van der Waals surface area contributed by atoms with Crippen molar-refractivity contribution in [1.82, 2.24) is 9.62 Å². The molecule has 1 rings (SSSR count). The topological polar surface area (TPSA) is 92.5 Å². The number of benzene rings is 1. The predicted molar refractivity (Wildman–Crippen MR) is 79.9 cm³/mol. The minimum absolute atomic E-state index is 0.0825. The Kier molecular flexibility index (Phi) is 5.97. The molecule has 1 amide bonds. The lowest BCUT2D eigenvalue weighted by atomic mass is 10.2. The first-order valence-electron chi connectivity index (χ1n) is 6.44. The molecule has 1 aromatic carbocycles. The SMILES string of the molecule is CCS(=O)(=O)N(C)CCCNC(=O)c1cccc(N)c1. The maximum atomic E-state index is 11.8. The second-order valence-corrected chi connectivity index (χ2v) is 6.82. The van der Waals surface area contributed by atoms with Gasteiger partial charge in [-0.1, -0.05) is 6.07 Å². The number of nitrogens with zero attached hydrogens (tertiary/aromatic N) is 1. The minimum Gasteiger partial charge on any atom is -0.399 e. The van der Waals surface area contributed by atoms with E-state index in [0.29, 0.717) is 30.8 Å². The molecule has 0 radical (unpaired) electrons. The molecule has 0 aliphatic carbocycles. The Morgan fingerprint density at radius 2 is 2.10 bits per heavy atom. The Bertz CT molecular complexity index is 558. The lowest BCUT2D eigenvalue weighted by molar-refractivity contribution is 0.0953. The molecule has 0 aliphatic rings. The molecule has 3 N–H and O–H groups in total. The van der Waals surface area contributed by atoms with Crippen LogP contribution in [0.25, 0.3) is 0 Å². The van der Waals surface area contributed by atoms with E-state index >= 15 is 0 Å². The lowest BCUT2D eigenvalue weighted by Gasteiger charge is -2.15. The van der Waals surface area contributed by atoms with Gasteiger partial charge in [0.1, 0.15) is 0 Å². The summed E-state index contributed by atoms with van der Waals surface area (Å²) in [5.74, 6) is -0.127. The van der Waals surface area contributed by atoms with Crippen molar-refractivity contribution in [3.63, 3.8) is 0 Å². The minimum atomic E-state index is -3.15. The molecule has 0 fully saturated rings.